The van der Waals surface area contributed by atoms with Crippen molar-refractivity contribution >= 4 is 17.3 Å². The summed E-state index contributed by atoms with van der Waals surface area (Å²) < 4.78 is 0. The summed E-state index contributed by atoms with van der Waals surface area (Å²) in [4.78, 5) is 30.8. The Kier molecular flexibility index (Phi) is 2.44. The van der Waals surface area contributed by atoms with Gasteiger partial charge in [-0.25, -0.2) is 4.79 Å². The normalized spacial score (nSPS) is 9.23. The van der Waals surface area contributed by atoms with Crippen molar-refractivity contribution in [1.82, 2.24) is 0 Å². The van der Waals surface area contributed by atoms with Crippen LogP contribution in [-0.4, -0.2) is 11.1 Å². The molecule has 0 spiro atoms. The summed E-state index contributed by atoms with van der Waals surface area (Å²) in [5, 5.41) is 13.6. The SMILES string of the molecule is O=Nc1cccc(N=O)c1C(=O)O. The summed E-state index contributed by atoms with van der Waals surface area (Å²) in [6.45, 7) is 0. The highest BCUT2D eigenvalue weighted by atomic mass is 16.4. The number of nitroso groups, excluding NO2 is 2. The van der Waals surface area contributed by atoms with Crippen molar-refractivity contribution in [3.63, 3.8) is 0 Å². The van der Waals surface area contributed by atoms with E-state index in [1.165, 1.54) is 18.2 Å². The van der Waals surface area contributed by atoms with Gasteiger partial charge in [-0.3, -0.25) is 0 Å². The van der Waals surface area contributed by atoms with Crippen molar-refractivity contribution in [2.45, 2.75) is 0 Å². The molecule has 0 aliphatic carbocycles. The fraction of sp³-hybridized carbons (Fsp3) is 0. The molecule has 6 heteroatoms. The van der Waals surface area contributed by atoms with Gasteiger partial charge in [0.25, 0.3) is 0 Å². The first-order chi connectivity index (χ1) is 6.20. The molecule has 0 unspecified atom stereocenters. The van der Waals surface area contributed by atoms with E-state index in [0.29, 0.717) is 0 Å². The molecule has 0 aliphatic heterocycles. The van der Waals surface area contributed by atoms with Gasteiger partial charge in [0.1, 0.15) is 16.9 Å². The van der Waals surface area contributed by atoms with Crippen molar-refractivity contribution in [2.24, 2.45) is 10.4 Å². The Bertz CT molecular complexity index is 349. The average Bonchev–Trinajstić information content (AvgIpc) is 2.16. The number of rotatable bonds is 3. The van der Waals surface area contributed by atoms with Gasteiger partial charge in [-0.05, 0) is 22.5 Å². The maximum absolute atomic E-state index is 10.6. The van der Waals surface area contributed by atoms with E-state index in [1.807, 2.05) is 0 Å². The Morgan fingerprint density at radius 1 is 1.15 bits per heavy atom. The Labute approximate surface area is 72.1 Å². The second kappa shape index (κ2) is 3.53. The van der Waals surface area contributed by atoms with Crippen LogP contribution < -0.4 is 0 Å². The maximum Gasteiger partial charge on any atom is 0.340 e. The minimum Gasteiger partial charge on any atom is -0.478 e. The summed E-state index contributed by atoms with van der Waals surface area (Å²) >= 11 is 0. The van der Waals surface area contributed by atoms with Gasteiger partial charge in [0, 0.05) is 0 Å². The third-order valence-electron chi connectivity index (χ3n) is 1.43. The first-order valence-corrected chi connectivity index (χ1v) is 3.23. The van der Waals surface area contributed by atoms with E-state index in [2.05, 4.69) is 10.4 Å². The molecule has 66 valence electrons. The van der Waals surface area contributed by atoms with Gasteiger partial charge in [0.15, 0.2) is 0 Å². The lowest BCUT2D eigenvalue weighted by Gasteiger charge is -1.98. The zero-order chi connectivity index (χ0) is 9.84. The van der Waals surface area contributed by atoms with Crippen LogP contribution in [0.2, 0.25) is 0 Å². The third kappa shape index (κ3) is 1.56. The molecule has 0 saturated heterocycles. The number of carboxylic acid groups (broad SMARTS) is 1. The molecule has 0 fully saturated rings. The summed E-state index contributed by atoms with van der Waals surface area (Å²) in [5.41, 5.74) is -1.07. The van der Waals surface area contributed by atoms with Crippen molar-refractivity contribution in [2.75, 3.05) is 0 Å². The third-order valence-corrected chi connectivity index (χ3v) is 1.43. The smallest absolute Gasteiger partial charge is 0.340 e. The molecule has 13 heavy (non-hydrogen) atoms. The molecule has 1 aromatic carbocycles. The number of carbonyl (C=O) groups is 1. The molecule has 0 heterocycles. The van der Waals surface area contributed by atoms with Crippen molar-refractivity contribution in [1.29, 1.82) is 0 Å². The molecule has 0 aromatic heterocycles. The highest BCUT2D eigenvalue weighted by molar-refractivity contribution is 5.98. The molecule has 1 N–H and O–H groups in total. The lowest BCUT2D eigenvalue weighted by molar-refractivity contribution is 0.0698. The van der Waals surface area contributed by atoms with Crippen LogP contribution in [0.5, 0.6) is 0 Å². The van der Waals surface area contributed by atoms with Gasteiger partial charge in [-0.15, -0.1) is 9.81 Å². The molecule has 0 saturated carbocycles. The molecular formula is C7H4N2O4. The second-order valence-corrected chi connectivity index (χ2v) is 2.16. The zero-order valence-electron chi connectivity index (χ0n) is 6.30. The first-order valence-electron chi connectivity index (χ1n) is 3.23. The summed E-state index contributed by atoms with van der Waals surface area (Å²) in [6, 6.07) is 3.73. The van der Waals surface area contributed by atoms with Gasteiger partial charge >= 0.3 is 5.97 Å². The summed E-state index contributed by atoms with van der Waals surface area (Å²) in [7, 11) is 0. The van der Waals surface area contributed by atoms with E-state index < -0.39 is 11.5 Å². The fourth-order valence-electron chi connectivity index (χ4n) is 0.900. The van der Waals surface area contributed by atoms with Crippen LogP contribution in [0.4, 0.5) is 11.4 Å². The van der Waals surface area contributed by atoms with Crippen LogP contribution >= 0.6 is 0 Å². The number of carboxylic acids is 1. The van der Waals surface area contributed by atoms with E-state index in [9.17, 15) is 14.6 Å². The summed E-state index contributed by atoms with van der Waals surface area (Å²) in [5.74, 6) is -1.40. The van der Waals surface area contributed by atoms with Crippen LogP contribution in [0.3, 0.4) is 0 Å². The van der Waals surface area contributed by atoms with Crippen LogP contribution in [0.15, 0.2) is 28.6 Å². The van der Waals surface area contributed by atoms with Crippen LogP contribution in [0.25, 0.3) is 0 Å². The molecule has 0 amide bonds. The predicted octanol–water partition coefficient (Wildman–Crippen LogP) is 2.18. The van der Waals surface area contributed by atoms with Crippen LogP contribution in [0.1, 0.15) is 10.4 Å². The molecule has 0 atom stereocenters. The first kappa shape index (κ1) is 8.98. The van der Waals surface area contributed by atoms with Gasteiger partial charge < -0.3 is 5.11 Å². The quantitative estimate of drug-likeness (QED) is 0.720. The number of benzene rings is 1. The largest absolute Gasteiger partial charge is 0.478 e. The monoisotopic (exact) mass is 180 g/mol. The Morgan fingerprint density at radius 3 is 1.92 bits per heavy atom. The van der Waals surface area contributed by atoms with E-state index in [1.54, 1.807) is 0 Å². The number of aromatic carboxylic acids is 1. The van der Waals surface area contributed by atoms with Gasteiger partial charge in [-0.2, -0.15) is 0 Å². The second-order valence-electron chi connectivity index (χ2n) is 2.16. The number of hydrogen-bond acceptors (Lipinski definition) is 5. The van der Waals surface area contributed by atoms with Crippen molar-refractivity contribution in [3.05, 3.63) is 33.6 Å². The summed E-state index contributed by atoms with van der Waals surface area (Å²) in [6.07, 6.45) is 0. The van der Waals surface area contributed by atoms with E-state index in [4.69, 9.17) is 5.11 Å². The topological polar surface area (TPSA) is 96.2 Å². The number of hydrogen-bond donors (Lipinski definition) is 1. The minimum atomic E-state index is -1.40. The number of nitrogens with zero attached hydrogens (tertiary/aromatic N) is 2. The molecule has 0 radical (unpaired) electrons. The molecule has 1 aromatic rings. The van der Waals surface area contributed by atoms with Gasteiger partial charge in [-0.1, -0.05) is 6.07 Å². The zero-order valence-corrected chi connectivity index (χ0v) is 6.30. The molecule has 0 aliphatic rings. The Hall–Kier alpha value is -2.11. The van der Waals surface area contributed by atoms with E-state index >= 15 is 0 Å². The minimum absolute atomic E-state index is 0.301. The van der Waals surface area contributed by atoms with Gasteiger partial charge in [0.05, 0.1) is 0 Å². The lowest BCUT2D eigenvalue weighted by Crippen LogP contribution is -1.96. The fourth-order valence-corrected chi connectivity index (χ4v) is 0.900. The molecule has 0 bridgehead atoms. The predicted molar refractivity (Wildman–Crippen MR) is 44.3 cm³/mol. The van der Waals surface area contributed by atoms with Crippen LogP contribution in [0, 0.1) is 9.81 Å². The molecule has 1 rings (SSSR count). The van der Waals surface area contributed by atoms with Crippen molar-refractivity contribution in [3.8, 4) is 0 Å². The van der Waals surface area contributed by atoms with Crippen molar-refractivity contribution < 1.29 is 9.90 Å². The van der Waals surface area contributed by atoms with Gasteiger partial charge in [0.2, 0.25) is 0 Å². The van der Waals surface area contributed by atoms with E-state index in [-0.39, 0.29) is 11.4 Å². The van der Waals surface area contributed by atoms with Crippen LogP contribution in [-0.2, 0) is 0 Å². The highest BCUT2D eigenvalue weighted by Gasteiger charge is 2.16. The molecular weight excluding hydrogens is 176 g/mol. The Balaban J connectivity index is 3.46. The molecule has 6 nitrogen and oxygen atoms in total. The average molecular weight is 180 g/mol. The standard InChI is InChI=1S/C7H4N2O4/c10-7(11)6-4(8-12)2-1-3-5(6)9-13/h1-3H,(H,10,11). The lowest BCUT2D eigenvalue weighted by atomic mass is 10.1. The maximum atomic E-state index is 10.6. The Morgan fingerprint density at radius 2 is 1.62 bits per heavy atom. The van der Waals surface area contributed by atoms with E-state index in [0.717, 1.165) is 0 Å². The highest BCUT2D eigenvalue weighted by Crippen LogP contribution is 2.28.